The number of carbonyl (C=O) groups is 2. The predicted molar refractivity (Wildman–Crippen MR) is 128 cm³/mol. The number of hydrogen-bond donors (Lipinski definition) is 2. The number of halogens is 1. The van der Waals surface area contributed by atoms with E-state index in [4.69, 9.17) is 11.6 Å². The van der Waals surface area contributed by atoms with Crippen LogP contribution in [0.1, 0.15) is 29.3 Å². The van der Waals surface area contributed by atoms with Crippen molar-refractivity contribution >= 4 is 46.6 Å². The Kier molecular flexibility index (Phi) is 8.27. The van der Waals surface area contributed by atoms with Gasteiger partial charge in [0.15, 0.2) is 0 Å². The summed E-state index contributed by atoms with van der Waals surface area (Å²) in [5.74, 6) is 0.302. The zero-order chi connectivity index (χ0) is 22.1. The van der Waals surface area contributed by atoms with Crippen LogP contribution in [-0.4, -0.2) is 23.3 Å². The highest BCUT2D eigenvalue weighted by Gasteiger charge is 2.07. The van der Waals surface area contributed by atoms with Crippen molar-refractivity contribution in [2.75, 3.05) is 11.1 Å². The third kappa shape index (κ3) is 7.27. The lowest BCUT2D eigenvalue weighted by Gasteiger charge is -2.08. The number of hydrogen-bond acceptors (Lipinski definition) is 4. The summed E-state index contributed by atoms with van der Waals surface area (Å²) in [5, 5.41) is 7.75. The maximum absolute atomic E-state index is 12.3. The van der Waals surface area contributed by atoms with Gasteiger partial charge in [0.2, 0.25) is 5.91 Å². The van der Waals surface area contributed by atoms with Crippen molar-refractivity contribution in [3.05, 3.63) is 95.0 Å². The van der Waals surface area contributed by atoms with Gasteiger partial charge < -0.3 is 5.32 Å². The van der Waals surface area contributed by atoms with Crippen LogP contribution in [0.15, 0.2) is 88.9 Å². The highest BCUT2D eigenvalue weighted by Crippen LogP contribution is 2.20. The van der Waals surface area contributed by atoms with E-state index in [1.165, 1.54) is 0 Å². The number of anilines is 1. The third-order valence-electron chi connectivity index (χ3n) is 4.33. The van der Waals surface area contributed by atoms with Crippen molar-refractivity contribution in [3.8, 4) is 0 Å². The van der Waals surface area contributed by atoms with Gasteiger partial charge in [0.25, 0.3) is 5.91 Å². The molecule has 2 N–H and O–H groups in total. The van der Waals surface area contributed by atoms with Crippen molar-refractivity contribution in [1.82, 2.24) is 5.43 Å². The number of amides is 2. The van der Waals surface area contributed by atoms with Crippen LogP contribution in [0.3, 0.4) is 0 Å². The summed E-state index contributed by atoms with van der Waals surface area (Å²) < 4.78 is 0. The van der Waals surface area contributed by atoms with Crippen LogP contribution >= 0.6 is 23.4 Å². The summed E-state index contributed by atoms with van der Waals surface area (Å²) in [5.41, 5.74) is 5.29. The summed E-state index contributed by atoms with van der Waals surface area (Å²) >= 11 is 7.46. The summed E-state index contributed by atoms with van der Waals surface area (Å²) in [6.07, 6.45) is 0.344. The second-order valence-corrected chi connectivity index (χ2v) is 8.29. The first-order valence-corrected chi connectivity index (χ1v) is 11.1. The second-order valence-electron chi connectivity index (χ2n) is 6.69. The molecule has 0 aliphatic carbocycles. The Hall–Kier alpha value is -3.09. The Morgan fingerprint density at radius 3 is 2.39 bits per heavy atom. The zero-order valence-electron chi connectivity index (χ0n) is 17.0. The largest absolute Gasteiger partial charge is 0.322 e. The first-order valence-electron chi connectivity index (χ1n) is 9.69. The summed E-state index contributed by atoms with van der Waals surface area (Å²) in [4.78, 5) is 25.5. The molecule has 0 saturated heterocycles. The number of hydrazone groups is 1. The molecule has 0 aliphatic heterocycles. The monoisotopic (exact) mass is 451 g/mol. The van der Waals surface area contributed by atoms with E-state index in [2.05, 4.69) is 15.8 Å². The molecule has 0 radical (unpaired) electrons. The molecule has 0 heterocycles. The molecule has 31 heavy (non-hydrogen) atoms. The van der Waals surface area contributed by atoms with Gasteiger partial charge in [-0.2, -0.15) is 5.10 Å². The minimum atomic E-state index is -0.182. The lowest BCUT2D eigenvalue weighted by atomic mass is 10.1. The summed E-state index contributed by atoms with van der Waals surface area (Å²) in [6.45, 7) is 1.81. The molecule has 0 aliphatic rings. The average molecular weight is 452 g/mol. The molecular weight excluding hydrogens is 430 g/mol. The van der Waals surface area contributed by atoms with Crippen molar-refractivity contribution in [2.45, 2.75) is 18.2 Å². The molecule has 0 bridgehead atoms. The molecule has 5 nitrogen and oxygen atoms in total. The highest BCUT2D eigenvalue weighted by molar-refractivity contribution is 7.99. The molecule has 0 aromatic heterocycles. The molecule has 3 aromatic carbocycles. The van der Waals surface area contributed by atoms with E-state index in [-0.39, 0.29) is 11.8 Å². The fourth-order valence-corrected chi connectivity index (χ4v) is 3.65. The zero-order valence-corrected chi connectivity index (χ0v) is 18.5. The normalized spacial score (nSPS) is 11.1. The van der Waals surface area contributed by atoms with E-state index in [0.29, 0.717) is 34.2 Å². The van der Waals surface area contributed by atoms with Gasteiger partial charge in [-0.1, -0.05) is 41.9 Å². The van der Waals surface area contributed by atoms with E-state index >= 15 is 0 Å². The van der Waals surface area contributed by atoms with Gasteiger partial charge in [-0.25, -0.2) is 5.43 Å². The minimum absolute atomic E-state index is 0.158. The Morgan fingerprint density at radius 1 is 0.935 bits per heavy atom. The van der Waals surface area contributed by atoms with E-state index in [0.717, 1.165) is 10.5 Å². The SMILES string of the molecule is C/C(=N\NC(=O)CCSc1ccc(Cl)cc1)c1cccc(NC(=O)c2ccccc2)c1. The molecule has 0 fully saturated rings. The number of nitrogens with one attached hydrogen (secondary N) is 2. The number of nitrogens with zero attached hydrogens (tertiary/aromatic N) is 1. The predicted octanol–water partition coefficient (Wildman–Crippen LogP) is 5.61. The number of benzene rings is 3. The van der Waals surface area contributed by atoms with E-state index < -0.39 is 0 Å². The molecule has 7 heteroatoms. The molecule has 3 aromatic rings. The first kappa shape index (κ1) is 22.6. The first-order chi connectivity index (χ1) is 15.0. The molecule has 0 atom stereocenters. The molecule has 2 amide bonds. The minimum Gasteiger partial charge on any atom is -0.322 e. The molecular formula is C24H22ClN3O2S. The number of rotatable bonds is 8. The van der Waals surface area contributed by atoms with E-state index in [1.807, 2.05) is 66.7 Å². The number of carbonyl (C=O) groups excluding carboxylic acids is 2. The van der Waals surface area contributed by atoms with Crippen LogP contribution in [0.2, 0.25) is 5.02 Å². The topological polar surface area (TPSA) is 70.6 Å². The van der Waals surface area contributed by atoms with Crippen molar-refractivity contribution < 1.29 is 9.59 Å². The summed E-state index contributed by atoms with van der Waals surface area (Å²) in [7, 11) is 0. The van der Waals surface area contributed by atoms with Crippen LogP contribution in [0.25, 0.3) is 0 Å². The van der Waals surface area contributed by atoms with Gasteiger partial charge in [0, 0.05) is 33.3 Å². The molecule has 158 valence electrons. The maximum Gasteiger partial charge on any atom is 0.255 e. The van der Waals surface area contributed by atoms with E-state index in [9.17, 15) is 9.59 Å². The standard InChI is InChI=1S/C24H22ClN3O2S/c1-17(27-28-23(29)14-15-31-22-12-10-20(25)11-13-22)19-8-5-9-21(16-19)26-24(30)18-6-3-2-4-7-18/h2-13,16H,14-15H2,1H3,(H,26,30)(H,28,29)/b27-17+. The molecule has 0 saturated carbocycles. The van der Waals surface area contributed by atoms with Gasteiger partial charge in [-0.05, 0) is 61.0 Å². The van der Waals surface area contributed by atoms with Gasteiger partial charge in [-0.15, -0.1) is 11.8 Å². The Morgan fingerprint density at radius 2 is 1.65 bits per heavy atom. The quantitative estimate of drug-likeness (QED) is 0.265. The van der Waals surface area contributed by atoms with Crippen molar-refractivity contribution in [1.29, 1.82) is 0 Å². The third-order valence-corrected chi connectivity index (χ3v) is 5.60. The smallest absolute Gasteiger partial charge is 0.255 e. The highest BCUT2D eigenvalue weighted by atomic mass is 35.5. The average Bonchev–Trinajstić information content (AvgIpc) is 2.79. The Bertz CT molecular complexity index is 1070. The molecule has 0 spiro atoms. The van der Waals surface area contributed by atoms with Crippen LogP contribution in [0, 0.1) is 0 Å². The van der Waals surface area contributed by atoms with Gasteiger partial charge in [-0.3, -0.25) is 9.59 Å². The fraction of sp³-hybridized carbons (Fsp3) is 0.125. The van der Waals surface area contributed by atoms with Gasteiger partial charge in [0.1, 0.15) is 0 Å². The van der Waals surface area contributed by atoms with Crippen LogP contribution in [-0.2, 0) is 4.79 Å². The second kappa shape index (κ2) is 11.3. The van der Waals surface area contributed by atoms with E-state index in [1.54, 1.807) is 30.8 Å². The lowest BCUT2D eigenvalue weighted by molar-refractivity contribution is -0.120. The van der Waals surface area contributed by atoms with Crippen LogP contribution < -0.4 is 10.7 Å². The Labute approximate surface area is 190 Å². The van der Waals surface area contributed by atoms with Crippen molar-refractivity contribution in [2.24, 2.45) is 5.10 Å². The van der Waals surface area contributed by atoms with Crippen molar-refractivity contribution in [3.63, 3.8) is 0 Å². The summed E-state index contributed by atoms with van der Waals surface area (Å²) in [6, 6.07) is 23.9. The number of thioether (sulfide) groups is 1. The fourth-order valence-electron chi connectivity index (χ4n) is 2.67. The molecule has 0 unspecified atom stereocenters. The van der Waals surface area contributed by atoms with Gasteiger partial charge in [0.05, 0.1) is 5.71 Å². The van der Waals surface area contributed by atoms with Gasteiger partial charge >= 0.3 is 0 Å². The Balaban J connectivity index is 1.51. The maximum atomic E-state index is 12.3. The lowest BCUT2D eigenvalue weighted by Crippen LogP contribution is -2.19. The van der Waals surface area contributed by atoms with Crippen LogP contribution in [0.4, 0.5) is 5.69 Å². The van der Waals surface area contributed by atoms with Crippen LogP contribution in [0.5, 0.6) is 0 Å². The molecule has 3 rings (SSSR count).